The van der Waals surface area contributed by atoms with Crippen LogP contribution in [0.25, 0.3) is 5.69 Å². The van der Waals surface area contributed by atoms with Gasteiger partial charge in [-0.25, -0.2) is 4.98 Å². The van der Waals surface area contributed by atoms with Crippen molar-refractivity contribution < 1.29 is 9.21 Å². The van der Waals surface area contributed by atoms with E-state index in [0.717, 1.165) is 49.1 Å². The zero-order chi connectivity index (χ0) is 23.8. The second-order valence-electron chi connectivity index (χ2n) is 8.16. The van der Waals surface area contributed by atoms with E-state index in [1.165, 1.54) is 23.6 Å². The molecule has 9 heteroatoms. The fourth-order valence-electron chi connectivity index (χ4n) is 3.57. The minimum absolute atomic E-state index is 0.0821. The summed E-state index contributed by atoms with van der Waals surface area (Å²) in [7, 11) is 0. The van der Waals surface area contributed by atoms with E-state index in [1.54, 1.807) is 0 Å². The van der Waals surface area contributed by atoms with Crippen molar-refractivity contribution in [2.75, 3.05) is 19.6 Å². The minimum atomic E-state index is -0.205. The highest BCUT2D eigenvalue weighted by molar-refractivity contribution is 7.98. The highest BCUT2D eigenvalue weighted by Gasteiger charge is 2.17. The summed E-state index contributed by atoms with van der Waals surface area (Å²) in [6.45, 7) is 13.5. The lowest BCUT2D eigenvalue weighted by Gasteiger charge is -2.19. The van der Waals surface area contributed by atoms with Crippen LogP contribution in [-0.4, -0.2) is 56.2 Å². The predicted octanol–water partition coefficient (Wildman–Crippen LogP) is 4.40. The van der Waals surface area contributed by atoms with E-state index < -0.39 is 0 Å². The first-order valence-electron chi connectivity index (χ1n) is 11.5. The van der Waals surface area contributed by atoms with E-state index >= 15 is 0 Å². The summed E-state index contributed by atoms with van der Waals surface area (Å²) >= 11 is 1.47. The molecule has 3 rings (SSSR count). The molecule has 178 valence electrons. The van der Waals surface area contributed by atoms with Crippen molar-refractivity contribution in [1.29, 1.82) is 0 Å². The maximum Gasteiger partial charge on any atom is 0.273 e. The Balaban J connectivity index is 1.53. The molecule has 0 bridgehead atoms. The van der Waals surface area contributed by atoms with Gasteiger partial charge in [0.15, 0.2) is 10.9 Å². The standard InChI is InChI=1S/C24H34N6O2S/c1-6-29(7-2)14-8-9-18(4)25-23(31)21-15-32-22(26-21)16-33-24-28-27-19(5)30(24)20-12-10-17(3)11-13-20/h10-13,15,18H,6-9,14,16H2,1-5H3,(H,25,31). The Bertz CT molecular complexity index is 1030. The molecule has 3 aromatic rings. The summed E-state index contributed by atoms with van der Waals surface area (Å²) in [6.07, 6.45) is 3.39. The third-order valence-corrected chi connectivity index (χ3v) is 6.49. The Morgan fingerprint density at radius 3 is 2.61 bits per heavy atom. The first kappa shape index (κ1) is 25.0. The van der Waals surface area contributed by atoms with Crippen LogP contribution in [0.15, 0.2) is 40.1 Å². The van der Waals surface area contributed by atoms with Gasteiger partial charge in [-0.2, -0.15) is 0 Å². The Hall–Kier alpha value is -2.65. The van der Waals surface area contributed by atoms with Crippen molar-refractivity contribution in [3.8, 4) is 5.69 Å². The molecule has 1 unspecified atom stereocenters. The van der Waals surface area contributed by atoms with E-state index in [9.17, 15) is 4.79 Å². The Morgan fingerprint density at radius 1 is 1.18 bits per heavy atom. The number of aryl methyl sites for hydroxylation is 2. The molecule has 33 heavy (non-hydrogen) atoms. The second-order valence-corrected chi connectivity index (χ2v) is 9.10. The van der Waals surface area contributed by atoms with Crippen LogP contribution in [-0.2, 0) is 5.75 Å². The molecule has 0 aliphatic heterocycles. The number of thioether (sulfide) groups is 1. The van der Waals surface area contributed by atoms with E-state index in [-0.39, 0.29) is 11.9 Å². The molecule has 0 saturated carbocycles. The normalized spacial score (nSPS) is 12.3. The van der Waals surface area contributed by atoms with Crippen LogP contribution in [0, 0.1) is 13.8 Å². The van der Waals surface area contributed by atoms with Crippen molar-refractivity contribution in [3.05, 3.63) is 53.5 Å². The molecule has 0 spiro atoms. The van der Waals surface area contributed by atoms with E-state index in [0.29, 0.717) is 17.3 Å². The van der Waals surface area contributed by atoms with Gasteiger partial charge in [-0.05, 0) is 65.4 Å². The fourth-order valence-corrected chi connectivity index (χ4v) is 4.42. The molecular weight excluding hydrogens is 436 g/mol. The van der Waals surface area contributed by atoms with Crippen LogP contribution >= 0.6 is 11.8 Å². The monoisotopic (exact) mass is 470 g/mol. The maximum absolute atomic E-state index is 12.5. The number of benzene rings is 1. The molecule has 1 amide bonds. The van der Waals surface area contributed by atoms with Crippen LogP contribution in [0.1, 0.15) is 61.4 Å². The van der Waals surface area contributed by atoms with Crippen molar-refractivity contribution in [2.24, 2.45) is 0 Å². The Kier molecular flexibility index (Phi) is 9.08. The number of nitrogens with zero attached hydrogens (tertiary/aromatic N) is 5. The third-order valence-electron chi connectivity index (χ3n) is 5.58. The van der Waals surface area contributed by atoms with Crippen molar-refractivity contribution >= 4 is 17.7 Å². The third kappa shape index (κ3) is 6.91. The van der Waals surface area contributed by atoms with Crippen LogP contribution in [0.5, 0.6) is 0 Å². The van der Waals surface area contributed by atoms with Gasteiger partial charge >= 0.3 is 0 Å². The SMILES string of the molecule is CCN(CC)CCCC(C)NC(=O)c1coc(CSc2nnc(C)n2-c2ccc(C)cc2)n1. The maximum atomic E-state index is 12.5. The van der Waals surface area contributed by atoms with E-state index in [1.807, 2.05) is 30.5 Å². The van der Waals surface area contributed by atoms with Gasteiger partial charge in [-0.3, -0.25) is 9.36 Å². The molecule has 0 radical (unpaired) electrons. The van der Waals surface area contributed by atoms with Crippen molar-refractivity contribution in [1.82, 2.24) is 30.0 Å². The van der Waals surface area contributed by atoms with Gasteiger partial charge in [0.05, 0.1) is 5.75 Å². The number of carbonyl (C=O) groups excluding carboxylic acids is 1. The van der Waals surface area contributed by atoms with Gasteiger partial charge in [-0.1, -0.05) is 43.3 Å². The van der Waals surface area contributed by atoms with Crippen LogP contribution in [0.3, 0.4) is 0 Å². The zero-order valence-electron chi connectivity index (χ0n) is 20.2. The molecule has 2 aromatic heterocycles. The largest absolute Gasteiger partial charge is 0.447 e. The molecule has 0 aliphatic carbocycles. The van der Waals surface area contributed by atoms with E-state index in [2.05, 4.69) is 58.3 Å². The lowest BCUT2D eigenvalue weighted by molar-refractivity contribution is 0.0932. The van der Waals surface area contributed by atoms with E-state index in [4.69, 9.17) is 4.42 Å². The molecule has 2 heterocycles. The summed E-state index contributed by atoms with van der Waals surface area (Å²) < 4.78 is 7.54. The number of hydrogen-bond donors (Lipinski definition) is 1. The number of rotatable bonds is 12. The number of carbonyl (C=O) groups is 1. The van der Waals surface area contributed by atoms with Gasteiger partial charge in [0, 0.05) is 11.7 Å². The first-order chi connectivity index (χ1) is 15.9. The van der Waals surface area contributed by atoms with Gasteiger partial charge in [0.1, 0.15) is 12.1 Å². The summed E-state index contributed by atoms with van der Waals surface area (Å²) in [5.41, 5.74) is 2.51. The van der Waals surface area contributed by atoms with Crippen LogP contribution in [0.4, 0.5) is 0 Å². The second kappa shape index (κ2) is 12.0. The average Bonchev–Trinajstić information content (AvgIpc) is 3.42. The molecule has 8 nitrogen and oxygen atoms in total. The molecule has 0 saturated heterocycles. The topological polar surface area (TPSA) is 89.1 Å². The highest BCUT2D eigenvalue weighted by atomic mass is 32.2. The van der Waals surface area contributed by atoms with Gasteiger partial charge in [-0.15, -0.1) is 10.2 Å². The highest BCUT2D eigenvalue weighted by Crippen LogP contribution is 2.25. The average molecular weight is 471 g/mol. The molecule has 1 N–H and O–H groups in total. The summed E-state index contributed by atoms with van der Waals surface area (Å²) in [5.74, 6) is 1.54. The number of hydrogen-bond acceptors (Lipinski definition) is 7. The lowest BCUT2D eigenvalue weighted by Crippen LogP contribution is -2.33. The van der Waals surface area contributed by atoms with Crippen LogP contribution < -0.4 is 5.32 Å². The molecule has 0 aliphatic rings. The molecule has 1 atom stereocenters. The quantitative estimate of drug-likeness (QED) is 0.392. The van der Waals surface area contributed by atoms with Crippen LogP contribution in [0.2, 0.25) is 0 Å². The Morgan fingerprint density at radius 2 is 1.91 bits per heavy atom. The van der Waals surface area contributed by atoms with Crippen molar-refractivity contribution in [2.45, 2.75) is 64.4 Å². The van der Waals surface area contributed by atoms with Gasteiger partial charge in [0.25, 0.3) is 5.91 Å². The first-order valence-corrected chi connectivity index (χ1v) is 12.5. The summed E-state index contributed by atoms with van der Waals surface area (Å²) in [6, 6.07) is 8.30. The van der Waals surface area contributed by atoms with Crippen molar-refractivity contribution in [3.63, 3.8) is 0 Å². The zero-order valence-corrected chi connectivity index (χ0v) is 21.0. The molecule has 1 aromatic carbocycles. The number of nitrogens with one attached hydrogen (secondary N) is 1. The lowest BCUT2D eigenvalue weighted by atomic mass is 10.1. The molecule has 0 fully saturated rings. The molecular formula is C24H34N6O2S. The van der Waals surface area contributed by atoms with Gasteiger partial charge in [0.2, 0.25) is 5.89 Å². The number of amides is 1. The summed E-state index contributed by atoms with van der Waals surface area (Å²) in [5, 5.41) is 12.3. The number of oxazole rings is 1. The Labute approximate surface area is 200 Å². The summed E-state index contributed by atoms with van der Waals surface area (Å²) in [4.78, 5) is 19.3. The fraction of sp³-hybridized carbons (Fsp3) is 0.500. The number of aromatic nitrogens is 4. The smallest absolute Gasteiger partial charge is 0.273 e. The predicted molar refractivity (Wildman–Crippen MR) is 131 cm³/mol. The minimum Gasteiger partial charge on any atom is -0.447 e. The van der Waals surface area contributed by atoms with Gasteiger partial charge < -0.3 is 14.6 Å².